The van der Waals surface area contributed by atoms with Crippen molar-refractivity contribution < 1.29 is 0 Å². The molecule has 3 nitrogen and oxygen atoms in total. The summed E-state index contributed by atoms with van der Waals surface area (Å²) in [6.07, 6.45) is 0.915. The number of nitrogens with two attached hydrogens (primary N) is 1. The molecule has 3 rings (SSSR count). The van der Waals surface area contributed by atoms with E-state index in [2.05, 4.69) is 60.2 Å². The number of H-pyrrole nitrogens is 1. The first-order valence-electron chi connectivity index (χ1n) is 6.94. The van der Waals surface area contributed by atoms with Gasteiger partial charge in [-0.3, -0.25) is 0 Å². The summed E-state index contributed by atoms with van der Waals surface area (Å²) in [6.45, 7) is 4.92. The van der Waals surface area contributed by atoms with E-state index in [0.29, 0.717) is 6.54 Å². The van der Waals surface area contributed by atoms with Gasteiger partial charge in [0.1, 0.15) is 5.82 Å². The van der Waals surface area contributed by atoms with Gasteiger partial charge in [-0.15, -0.1) is 0 Å². The van der Waals surface area contributed by atoms with Crippen molar-refractivity contribution in [2.75, 3.05) is 6.54 Å². The minimum atomic E-state index is 0.683. The van der Waals surface area contributed by atoms with Crippen LogP contribution in [0.3, 0.4) is 0 Å². The molecule has 0 spiro atoms. The Hall–Kier alpha value is -2.13. The SMILES string of the molecule is Cc1cc2nc(-c3ccc(CCN)cc3)[nH]c2cc1C. The summed E-state index contributed by atoms with van der Waals surface area (Å²) in [7, 11) is 0. The predicted octanol–water partition coefficient (Wildman–Crippen LogP) is 3.35. The van der Waals surface area contributed by atoms with E-state index in [4.69, 9.17) is 5.73 Å². The van der Waals surface area contributed by atoms with Crippen molar-refractivity contribution in [3.05, 3.63) is 53.1 Å². The first kappa shape index (κ1) is 12.9. The van der Waals surface area contributed by atoms with Gasteiger partial charge in [-0.1, -0.05) is 24.3 Å². The Morgan fingerprint density at radius 3 is 2.45 bits per heavy atom. The molecule has 2 aromatic carbocycles. The van der Waals surface area contributed by atoms with Gasteiger partial charge in [-0.25, -0.2) is 4.98 Å². The molecule has 0 aliphatic carbocycles. The summed E-state index contributed by atoms with van der Waals surface area (Å²) in [6, 6.07) is 12.7. The number of aromatic amines is 1. The minimum absolute atomic E-state index is 0.683. The standard InChI is InChI=1S/C17H19N3/c1-11-9-15-16(10-12(11)2)20-17(19-15)14-5-3-13(4-6-14)7-8-18/h3-6,9-10H,7-8,18H2,1-2H3,(H,19,20). The van der Waals surface area contributed by atoms with Crippen LogP contribution in [0.1, 0.15) is 16.7 Å². The average molecular weight is 265 g/mol. The van der Waals surface area contributed by atoms with Gasteiger partial charge in [0.2, 0.25) is 0 Å². The molecular weight excluding hydrogens is 246 g/mol. The van der Waals surface area contributed by atoms with Crippen molar-refractivity contribution in [3.8, 4) is 11.4 Å². The van der Waals surface area contributed by atoms with Crippen LogP contribution in [0.15, 0.2) is 36.4 Å². The van der Waals surface area contributed by atoms with Crippen LogP contribution in [0.5, 0.6) is 0 Å². The molecule has 1 heterocycles. The molecule has 20 heavy (non-hydrogen) atoms. The van der Waals surface area contributed by atoms with Gasteiger partial charge in [-0.2, -0.15) is 0 Å². The van der Waals surface area contributed by atoms with Gasteiger partial charge < -0.3 is 10.7 Å². The minimum Gasteiger partial charge on any atom is -0.338 e. The number of aromatic nitrogens is 2. The number of benzene rings is 2. The van der Waals surface area contributed by atoms with Crippen molar-refractivity contribution in [1.29, 1.82) is 0 Å². The zero-order chi connectivity index (χ0) is 14.1. The smallest absolute Gasteiger partial charge is 0.138 e. The van der Waals surface area contributed by atoms with E-state index in [1.165, 1.54) is 16.7 Å². The van der Waals surface area contributed by atoms with Gasteiger partial charge in [0.25, 0.3) is 0 Å². The molecule has 3 aromatic rings. The van der Waals surface area contributed by atoms with Crippen LogP contribution in [0.4, 0.5) is 0 Å². The summed E-state index contributed by atoms with van der Waals surface area (Å²) >= 11 is 0. The number of rotatable bonds is 3. The van der Waals surface area contributed by atoms with Crippen molar-refractivity contribution in [3.63, 3.8) is 0 Å². The third-order valence-corrected chi connectivity index (χ3v) is 3.76. The number of fused-ring (bicyclic) bond motifs is 1. The fourth-order valence-electron chi connectivity index (χ4n) is 2.40. The zero-order valence-electron chi connectivity index (χ0n) is 11.9. The second kappa shape index (κ2) is 5.10. The largest absolute Gasteiger partial charge is 0.338 e. The molecule has 1 aromatic heterocycles. The molecule has 0 amide bonds. The molecule has 0 atom stereocenters. The zero-order valence-corrected chi connectivity index (χ0v) is 11.9. The summed E-state index contributed by atoms with van der Waals surface area (Å²) in [5.41, 5.74) is 12.6. The van der Waals surface area contributed by atoms with E-state index >= 15 is 0 Å². The highest BCUT2D eigenvalue weighted by atomic mass is 14.9. The van der Waals surface area contributed by atoms with Gasteiger partial charge >= 0.3 is 0 Å². The highest BCUT2D eigenvalue weighted by Gasteiger charge is 2.06. The van der Waals surface area contributed by atoms with E-state index in [9.17, 15) is 0 Å². The number of aryl methyl sites for hydroxylation is 2. The van der Waals surface area contributed by atoms with Crippen LogP contribution in [0.2, 0.25) is 0 Å². The molecule has 3 N–H and O–H groups in total. The first-order valence-corrected chi connectivity index (χ1v) is 6.94. The average Bonchev–Trinajstić information content (AvgIpc) is 2.83. The number of imidazole rings is 1. The Kier molecular flexibility index (Phi) is 3.28. The van der Waals surface area contributed by atoms with E-state index in [1.807, 2.05) is 0 Å². The molecule has 0 bridgehead atoms. The van der Waals surface area contributed by atoms with E-state index in [-0.39, 0.29) is 0 Å². The van der Waals surface area contributed by atoms with Crippen LogP contribution in [0, 0.1) is 13.8 Å². The van der Waals surface area contributed by atoms with Crippen molar-refractivity contribution >= 4 is 11.0 Å². The summed E-state index contributed by atoms with van der Waals surface area (Å²) in [4.78, 5) is 8.08. The van der Waals surface area contributed by atoms with Gasteiger partial charge in [-0.05, 0) is 55.6 Å². The molecule has 0 saturated heterocycles. The maximum atomic E-state index is 5.57. The monoisotopic (exact) mass is 265 g/mol. The topological polar surface area (TPSA) is 54.7 Å². The Balaban J connectivity index is 2.01. The third-order valence-electron chi connectivity index (χ3n) is 3.76. The maximum Gasteiger partial charge on any atom is 0.138 e. The summed E-state index contributed by atoms with van der Waals surface area (Å²) in [5, 5.41) is 0. The van der Waals surface area contributed by atoms with E-state index in [1.54, 1.807) is 0 Å². The van der Waals surface area contributed by atoms with Crippen LogP contribution >= 0.6 is 0 Å². The first-order chi connectivity index (χ1) is 9.67. The molecule has 102 valence electrons. The lowest BCUT2D eigenvalue weighted by atomic mass is 10.1. The highest BCUT2D eigenvalue weighted by molar-refractivity contribution is 5.80. The maximum absolute atomic E-state index is 5.57. The summed E-state index contributed by atoms with van der Waals surface area (Å²) in [5.74, 6) is 0.921. The fourth-order valence-corrected chi connectivity index (χ4v) is 2.40. The van der Waals surface area contributed by atoms with Crippen molar-refractivity contribution in [2.24, 2.45) is 5.73 Å². The number of hydrogen-bond donors (Lipinski definition) is 2. The molecular formula is C17H19N3. The predicted molar refractivity (Wildman–Crippen MR) is 83.8 cm³/mol. The van der Waals surface area contributed by atoms with E-state index < -0.39 is 0 Å². The van der Waals surface area contributed by atoms with Gasteiger partial charge in [0.05, 0.1) is 11.0 Å². The Morgan fingerprint density at radius 1 is 1.05 bits per heavy atom. The quantitative estimate of drug-likeness (QED) is 0.763. The molecule has 0 saturated carbocycles. The lowest BCUT2D eigenvalue weighted by Gasteiger charge is -2.00. The molecule has 0 radical (unpaired) electrons. The highest BCUT2D eigenvalue weighted by Crippen LogP contribution is 2.23. The molecule has 3 heteroatoms. The Morgan fingerprint density at radius 2 is 1.75 bits per heavy atom. The Bertz CT molecular complexity index is 700. The second-order valence-electron chi connectivity index (χ2n) is 5.27. The normalized spacial score (nSPS) is 11.2. The third kappa shape index (κ3) is 2.32. The summed E-state index contributed by atoms with van der Waals surface area (Å²) < 4.78 is 0. The van der Waals surface area contributed by atoms with Crippen molar-refractivity contribution in [2.45, 2.75) is 20.3 Å². The second-order valence-corrected chi connectivity index (χ2v) is 5.27. The number of nitrogens with zero attached hydrogens (tertiary/aromatic N) is 1. The molecule has 0 aliphatic rings. The van der Waals surface area contributed by atoms with E-state index in [0.717, 1.165) is 28.8 Å². The Labute approximate surface area is 118 Å². The van der Waals surface area contributed by atoms with Crippen LogP contribution in [0.25, 0.3) is 22.4 Å². The van der Waals surface area contributed by atoms with Crippen molar-refractivity contribution in [1.82, 2.24) is 9.97 Å². The molecule has 0 aliphatic heterocycles. The number of nitrogens with one attached hydrogen (secondary N) is 1. The molecule has 0 unspecified atom stereocenters. The van der Waals surface area contributed by atoms with Gasteiger partial charge in [0, 0.05) is 5.56 Å². The lowest BCUT2D eigenvalue weighted by molar-refractivity contribution is 0.969. The number of hydrogen-bond acceptors (Lipinski definition) is 2. The fraction of sp³-hybridized carbons (Fsp3) is 0.235. The van der Waals surface area contributed by atoms with Crippen LogP contribution < -0.4 is 5.73 Å². The van der Waals surface area contributed by atoms with Gasteiger partial charge in [0.15, 0.2) is 0 Å². The van der Waals surface area contributed by atoms with Crippen LogP contribution in [-0.4, -0.2) is 16.5 Å². The lowest BCUT2D eigenvalue weighted by Crippen LogP contribution is -2.02. The molecule has 0 fully saturated rings. The van der Waals surface area contributed by atoms with Crippen LogP contribution in [-0.2, 0) is 6.42 Å².